The van der Waals surface area contributed by atoms with Gasteiger partial charge in [0.25, 0.3) is 0 Å². The van der Waals surface area contributed by atoms with Crippen LogP contribution in [0.25, 0.3) is 0 Å². The van der Waals surface area contributed by atoms with E-state index in [1.807, 2.05) is 12.3 Å². The number of thiazole rings is 1. The van der Waals surface area contributed by atoms with Gasteiger partial charge in [0.15, 0.2) is 0 Å². The van der Waals surface area contributed by atoms with E-state index in [1.165, 1.54) is 12.8 Å². The first kappa shape index (κ1) is 13.0. The van der Waals surface area contributed by atoms with Crippen molar-refractivity contribution < 1.29 is 9.84 Å². The van der Waals surface area contributed by atoms with Gasteiger partial charge in [-0.15, -0.1) is 11.3 Å². The maximum Gasteiger partial charge on any atom is 0.0897 e. The lowest BCUT2D eigenvalue weighted by Crippen LogP contribution is -2.12. The highest BCUT2D eigenvalue weighted by atomic mass is 32.1. The lowest BCUT2D eigenvalue weighted by molar-refractivity contribution is 0.0944. The number of aryl methyl sites for hydroxylation is 1. The Morgan fingerprint density at radius 3 is 3.18 bits per heavy atom. The minimum absolute atomic E-state index is 0.252. The quantitative estimate of drug-likeness (QED) is 0.850. The Bertz CT molecular complexity index is 334. The monoisotopic (exact) mass is 255 g/mol. The van der Waals surface area contributed by atoms with Crippen LogP contribution in [0.5, 0.6) is 0 Å². The van der Waals surface area contributed by atoms with Crippen LogP contribution in [0.4, 0.5) is 0 Å². The summed E-state index contributed by atoms with van der Waals surface area (Å²) in [6, 6.07) is 0. The molecule has 1 aliphatic rings. The molecule has 2 unspecified atom stereocenters. The lowest BCUT2D eigenvalue weighted by atomic mass is 10.0. The largest absolute Gasteiger partial charge is 0.393 e. The molecule has 1 aromatic rings. The molecule has 2 rings (SSSR count). The van der Waals surface area contributed by atoms with Crippen molar-refractivity contribution >= 4 is 11.3 Å². The third-order valence-corrected chi connectivity index (χ3v) is 4.02. The molecule has 2 atom stereocenters. The van der Waals surface area contributed by atoms with Gasteiger partial charge in [-0.05, 0) is 39.0 Å². The fraction of sp³-hybridized carbons (Fsp3) is 0.769. The van der Waals surface area contributed by atoms with Crippen molar-refractivity contribution in [2.24, 2.45) is 0 Å². The molecule has 0 saturated carbocycles. The van der Waals surface area contributed by atoms with E-state index in [2.05, 4.69) is 4.98 Å². The second kappa shape index (κ2) is 6.47. The van der Waals surface area contributed by atoms with Crippen LogP contribution in [-0.4, -0.2) is 28.9 Å². The molecule has 2 heterocycles. The molecule has 0 radical (unpaired) electrons. The van der Waals surface area contributed by atoms with Gasteiger partial charge in [-0.3, -0.25) is 0 Å². The highest BCUT2D eigenvalue weighted by molar-refractivity contribution is 7.09. The molecule has 96 valence electrons. The van der Waals surface area contributed by atoms with E-state index in [0.717, 1.165) is 36.6 Å². The number of aliphatic hydroxyl groups is 1. The summed E-state index contributed by atoms with van der Waals surface area (Å²) in [5.41, 5.74) is 1.03. The van der Waals surface area contributed by atoms with Crippen LogP contribution < -0.4 is 0 Å². The topological polar surface area (TPSA) is 42.4 Å². The van der Waals surface area contributed by atoms with E-state index in [-0.39, 0.29) is 6.10 Å². The number of rotatable bonds is 6. The maximum absolute atomic E-state index is 9.91. The van der Waals surface area contributed by atoms with Crippen LogP contribution >= 0.6 is 11.3 Å². The summed E-state index contributed by atoms with van der Waals surface area (Å²) < 4.78 is 5.56. The predicted molar refractivity (Wildman–Crippen MR) is 69.4 cm³/mol. The van der Waals surface area contributed by atoms with Crippen LogP contribution in [0.15, 0.2) is 5.38 Å². The van der Waals surface area contributed by atoms with Crippen molar-refractivity contribution in [3.8, 4) is 0 Å². The summed E-state index contributed by atoms with van der Waals surface area (Å²) in [7, 11) is 0. The van der Waals surface area contributed by atoms with Gasteiger partial charge in [-0.25, -0.2) is 4.98 Å². The Kier molecular flexibility index (Phi) is 4.95. The second-order valence-electron chi connectivity index (χ2n) is 4.78. The zero-order valence-corrected chi connectivity index (χ0v) is 11.2. The number of nitrogens with zero attached hydrogens (tertiary/aromatic N) is 1. The molecule has 1 aliphatic heterocycles. The van der Waals surface area contributed by atoms with Gasteiger partial charge < -0.3 is 9.84 Å². The highest BCUT2D eigenvalue weighted by Crippen LogP contribution is 2.19. The van der Waals surface area contributed by atoms with Gasteiger partial charge in [0.2, 0.25) is 0 Å². The Labute approximate surface area is 107 Å². The van der Waals surface area contributed by atoms with E-state index in [4.69, 9.17) is 4.74 Å². The molecule has 4 heteroatoms. The Morgan fingerprint density at radius 1 is 1.65 bits per heavy atom. The van der Waals surface area contributed by atoms with Crippen molar-refractivity contribution in [3.63, 3.8) is 0 Å². The third kappa shape index (κ3) is 4.37. The van der Waals surface area contributed by atoms with Crippen molar-refractivity contribution in [2.45, 2.75) is 57.7 Å². The fourth-order valence-corrected chi connectivity index (χ4v) is 2.92. The van der Waals surface area contributed by atoms with Crippen LogP contribution in [0.2, 0.25) is 0 Å². The first-order valence-electron chi connectivity index (χ1n) is 6.44. The van der Waals surface area contributed by atoms with Gasteiger partial charge in [-0.1, -0.05) is 0 Å². The minimum atomic E-state index is -0.252. The van der Waals surface area contributed by atoms with Crippen molar-refractivity contribution in [3.05, 3.63) is 16.1 Å². The Hall–Kier alpha value is -0.450. The second-order valence-corrected chi connectivity index (χ2v) is 5.84. The van der Waals surface area contributed by atoms with E-state index in [9.17, 15) is 5.11 Å². The molecule has 1 N–H and O–H groups in total. The zero-order valence-electron chi connectivity index (χ0n) is 10.4. The molecule has 0 aliphatic carbocycles. The Balaban J connectivity index is 1.61. The molecule has 0 bridgehead atoms. The first-order chi connectivity index (χ1) is 8.24. The summed E-state index contributed by atoms with van der Waals surface area (Å²) in [4.78, 5) is 4.37. The summed E-state index contributed by atoms with van der Waals surface area (Å²) in [5.74, 6) is 0. The SMILES string of the molecule is Cc1nc(CC(O)CCCC2CCCO2)cs1. The van der Waals surface area contributed by atoms with Crippen molar-refractivity contribution in [1.82, 2.24) is 4.98 Å². The predicted octanol–water partition coefficient (Wildman–Crippen LogP) is 2.70. The number of aromatic nitrogens is 1. The van der Waals surface area contributed by atoms with Crippen LogP contribution in [0, 0.1) is 6.92 Å². The van der Waals surface area contributed by atoms with E-state index < -0.39 is 0 Å². The lowest BCUT2D eigenvalue weighted by Gasteiger charge is -2.11. The fourth-order valence-electron chi connectivity index (χ4n) is 2.30. The molecule has 0 amide bonds. The standard InChI is InChI=1S/C13H21NO2S/c1-10-14-11(9-17-10)8-12(15)4-2-5-13-6-3-7-16-13/h9,12-13,15H,2-8H2,1H3. The molecule has 3 nitrogen and oxygen atoms in total. The summed E-state index contributed by atoms with van der Waals surface area (Å²) in [5, 5.41) is 13.0. The normalized spacial score (nSPS) is 21.9. The number of aliphatic hydroxyl groups excluding tert-OH is 1. The number of hydrogen-bond acceptors (Lipinski definition) is 4. The molecule has 1 fully saturated rings. The van der Waals surface area contributed by atoms with Gasteiger partial charge in [0.05, 0.1) is 22.9 Å². The van der Waals surface area contributed by atoms with Gasteiger partial charge in [0.1, 0.15) is 0 Å². The molecular weight excluding hydrogens is 234 g/mol. The van der Waals surface area contributed by atoms with Gasteiger partial charge in [-0.2, -0.15) is 0 Å². The molecule has 0 aromatic carbocycles. The summed E-state index contributed by atoms with van der Waals surface area (Å²) in [6.07, 6.45) is 6.28. The maximum atomic E-state index is 9.91. The number of ether oxygens (including phenoxy) is 1. The average molecular weight is 255 g/mol. The van der Waals surface area contributed by atoms with Gasteiger partial charge in [0, 0.05) is 18.4 Å². The average Bonchev–Trinajstić information content (AvgIpc) is 2.90. The van der Waals surface area contributed by atoms with E-state index in [0.29, 0.717) is 12.5 Å². The van der Waals surface area contributed by atoms with Crippen molar-refractivity contribution in [1.29, 1.82) is 0 Å². The zero-order chi connectivity index (χ0) is 12.1. The molecule has 17 heavy (non-hydrogen) atoms. The summed E-state index contributed by atoms with van der Waals surface area (Å²) >= 11 is 1.65. The first-order valence-corrected chi connectivity index (χ1v) is 7.32. The van der Waals surface area contributed by atoms with Crippen LogP contribution in [0.1, 0.15) is 42.8 Å². The summed E-state index contributed by atoms with van der Waals surface area (Å²) in [6.45, 7) is 2.92. The molecule has 1 aromatic heterocycles. The van der Waals surface area contributed by atoms with Crippen LogP contribution in [0.3, 0.4) is 0 Å². The molecule has 1 saturated heterocycles. The van der Waals surface area contributed by atoms with Gasteiger partial charge >= 0.3 is 0 Å². The van der Waals surface area contributed by atoms with Crippen LogP contribution in [-0.2, 0) is 11.2 Å². The minimum Gasteiger partial charge on any atom is -0.393 e. The highest BCUT2D eigenvalue weighted by Gasteiger charge is 2.16. The van der Waals surface area contributed by atoms with Crippen molar-refractivity contribution in [2.75, 3.05) is 6.61 Å². The van der Waals surface area contributed by atoms with E-state index >= 15 is 0 Å². The van der Waals surface area contributed by atoms with E-state index in [1.54, 1.807) is 11.3 Å². The Morgan fingerprint density at radius 2 is 2.53 bits per heavy atom. The molecular formula is C13H21NO2S. The number of hydrogen-bond donors (Lipinski definition) is 1. The molecule has 0 spiro atoms. The smallest absolute Gasteiger partial charge is 0.0897 e. The third-order valence-electron chi connectivity index (χ3n) is 3.20.